The van der Waals surface area contributed by atoms with Gasteiger partial charge in [0.15, 0.2) is 19.3 Å². The quantitative estimate of drug-likeness (QED) is 0.216. The molecule has 0 amide bonds. The second-order valence-electron chi connectivity index (χ2n) is 11.4. The molecule has 3 nitrogen and oxygen atoms in total. The van der Waals surface area contributed by atoms with Crippen molar-refractivity contribution in [2.45, 2.75) is 39.8 Å². The fourth-order valence-corrected chi connectivity index (χ4v) is 7.33. The van der Waals surface area contributed by atoms with Gasteiger partial charge in [-0.2, -0.15) is 9.13 Å². The van der Waals surface area contributed by atoms with Crippen molar-refractivity contribution in [2.24, 2.45) is 7.05 Å². The summed E-state index contributed by atoms with van der Waals surface area (Å²) in [5.41, 5.74) is 15.4. The van der Waals surface area contributed by atoms with Gasteiger partial charge in [-0.15, -0.1) is 0 Å². The van der Waals surface area contributed by atoms with Crippen LogP contribution in [0, 0.1) is 13.8 Å². The molecule has 3 aromatic carbocycles. The van der Waals surface area contributed by atoms with Crippen LogP contribution in [0.25, 0.3) is 56.3 Å². The third-order valence-electron chi connectivity index (χ3n) is 9.42. The van der Waals surface area contributed by atoms with E-state index in [-0.39, 0.29) is 0 Å². The molecular weight excluding hydrogens is 486 g/mol. The number of aryl methyl sites for hydroxylation is 2. The molecule has 0 unspecified atom stereocenters. The molecule has 8 rings (SSSR count). The first-order valence-electron chi connectivity index (χ1n) is 14.4. The molecule has 3 aromatic heterocycles. The first kappa shape index (κ1) is 23.4. The first-order valence-corrected chi connectivity index (χ1v) is 14.4. The predicted octanol–water partition coefficient (Wildman–Crippen LogP) is 7.14. The zero-order valence-electron chi connectivity index (χ0n) is 23.4. The van der Waals surface area contributed by atoms with Crippen LogP contribution in [0.2, 0.25) is 0 Å². The van der Waals surface area contributed by atoms with Crippen molar-refractivity contribution in [3.05, 3.63) is 119 Å². The van der Waals surface area contributed by atoms with E-state index in [9.17, 15) is 0 Å². The Morgan fingerprint density at radius 3 is 2.35 bits per heavy atom. The molecule has 0 fully saturated rings. The number of para-hydroxylation sites is 1. The lowest BCUT2D eigenvalue weighted by atomic mass is 9.79. The SMILES string of the molecule is Cc1c(C)c2c(c3c1CC[n+]1ccc4ccccc4c1-3)-c1cccc(/C=C/c3cn(C)c4ccccc34)[n+]1CC2. The molecule has 0 N–H and O–H groups in total. The molecule has 3 heteroatoms. The van der Waals surface area contributed by atoms with Crippen LogP contribution in [-0.4, -0.2) is 4.57 Å². The lowest BCUT2D eigenvalue weighted by molar-refractivity contribution is -0.690. The normalized spacial score (nSPS) is 13.9. The Kier molecular flexibility index (Phi) is 5.12. The highest BCUT2D eigenvalue weighted by atomic mass is 15.0. The van der Waals surface area contributed by atoms with Crippen LogP contribution < -0.4 is 9.13 Å². The van der Waals surface area contributed by atoms with Crippen molar-refractivity contribution in [2.75, 3.05) is 0 Å². The van der Waals surface area contributed by atoms with Crippen molar-refractivity contribution >= 4 is 33.8 Å². The number of hydrogen-bond donors (Lipinski definition) is 0. The number of nitrogens with zero attached hydrogens (tertiary/aromatic N) is 3. The van der Waals surface area contributed by atoms with Crippen LogP contribution in [-0.2, 0) is 33.0 Å². The Morgan fingerprint density at radius 1 is 0.725 bits per heavy atom. The van der Waals surface area contributed by atoms with E-state index in [1.807, 2.05) is 0 Å². The van der Waals surface area contributed by atoms with Gasteiger partial charge in [0.05, 0.1) is 16.5 Å². The summed E-state index contributed by atoms with van der Waals surface area (Å²) in [5, 5.41) is 3.95. The van der Waals surface area contributed by atoms with Gasteiger partial charge >= 0.3 is 0 Å². The molecule has 2 aliphatic heterocycles. The number of pyridine rings is 2. The zero-order chi connectivity index (χ0) is 27.0. The maximum Gasteiger partial charge on any atom is 0.221 e. The summed E-state index contributed by atoms with van der Waals surface area (Å²) in [4.78, 5) is 0. The molecule has 0 atom stereocenters. The summed E-state index contributed by atoms with van der Waals surface area (Å²) in [6, 6.07) is 26.7. The molecule has 0 aliphatic carbocycles. The minimum Gasteiger partial charge on any atom is -0.350 e. The average Bonchev–Trinajstić information content (AvgIpc) is 3.32. The monoisotopic (exact) mass is 519 g/mol. The van der Waals surface area contributed by atoms with Crippen molar-refractivity contribution in [3.8, 4) is 22.5 Å². The molecule has 40 heavy (non-hydrogen) atoms. The van der Waals surface area contributed by atoms with Gasteiger partial charge in [-0.1, -0.05) is 36.4 Å². The van der Waals surface area contributed by atoms with Gasteiger partial charge in [0.2, 0.25) is 17.1 Å². The molecule has 0 saturated carbocycles. The standard InChI is InChI=1S/C37H33N3/c1-24-25(2)30-18-21-39-20-17-26-9-4-5-12-32(26)37(39)36(30)35-29(24)19-22-40-28(10-8-14-34(35)40)16-15-27-23-38(3)33-13-7-6-11-31(27)33/h4-17,20,23H,18-19,21-22H2,1-3H3/q+2. The van der Waals surface area contributed by atoms with Crippen LogP contribution in [0.15, 0.2) is 85.2 Å². The Bertz CT molecular complexity index is 2040. The lowest BCUT2D eigenvalue weighted by Crippen LogP contribution is -2.45. The number of aromatic nitrogens is 3. The van der Waals surface area contributed by atoms with Gasteiger partial charge < -0.3 is 4.57 Å². The van der Waals surface area contributed by atoms with E-state index in [0.717, 1.165) is 25.9 Å². The summed E-state index contributed by atoms with van der Waals surface area (Å²) in [6.07, 6.45) is 11.3. The molecule has 0 saturated heterocycles. The summed E-state index contributed by atoms with van der Waals surface area (Å²) in [5.74, 6) is 0. The van der Waals surface area contributed by atoms with Crippen LogP contribution in [0.1, 0.15) is 33.5 Å². The minimum absolute atomic E-state index is 0.993. The molecule has 194 valence electrons. The molecule has 0 bridgehead atoms. The maximum absolute atomic E-state index is 2.54. The van der Waals surface area contributed by atoms with Crippen molar-refractivity contribution in [3.63, 3.8) is 0 Å². The van der Waals surface area contributed by atoms with E-state index < -0.39 is 0 Å². The topological polar surface area (TPSA) is 12.7 Å². The molecule has 2 aliphatic rings. The van der Waals surface area contributed by atoms with E-state index in [1.54, 1.807) is 0 Å². The first-order chi connectivity index (χ1) is 19.6. The Morgan fingerprint density at radius 2 is 1.48 bits per heavy atom. The predicted molar refractivity (Wildman–Crippen MR) is 164 cm³/mol. The second-order valence-corrected chi connectivity index (χ2v) is 11.4. The number of rotatable bonds is 2. The smallest absolute Gasteiger partial charge is 0.221 e. The lowest BCUT2D eigenvalue weighted by Gasteiger charge is -2.27. The molecule has 6 aromatic rings. The summed E-state index contributed by atoms with van der Waals surface area (Å²) in [7, 11) is 2.13. The van der Waals surface area contributed by atoms with Gasteiger partial charge in [-0.3, -0.25) is 0 Å². The highest BCUT2D eigenvalue weighted by Gasteiger charge is 2.37. The Hall–Kier alpha value is -4.50. The summed E-state index contributed by atoms with van der Waals surface area (Å²) < 4.78 is 7.25. The Balaban J connectivity index is 1.36. The van der Waals surface area contributed by atoms with Gasteiger partial charge in [0, 0.05) is 66.8 Å². The Labute approximate surface area is 235 Å². The van der Waals surface area contributed by atoms with Gasteiger partial charge in [-0.05, 0) is 65.8 Å². The van der Waals surface area contributed by atoms with Crippen LogP contribution in [0.4, 0.5) is 0 Å². The van der Waals surface area contributed by atoms with E-state index in [4.69, 9.17) is 0 Å². The molecule has 0 radical (unpaired) electrons. The molecule has 5 heterocycles. The summed E-state index contributed by atoms with van der Waals surface area (Å²) in [6.45, 7) is 6.72. The van der Waals surface area contributed by atoms with E-state index >= 15 is 0 Å². The van der Waals surface area contributed by atoms with Crippen molar-refractivity contribution < 1.29 is 9.13 Å². The van der Waals surface area contributed by atoms with E-state index in [0.29, 0.717) is 0 Å². The van der Waals surface area contributed by atoms with Crippen LogP contribution in [0.3, 0.4) is 0 Å². The molecular formula is C37H33N3+2. The van der Waals surface area contributed by atoms with Gasteiger partial charge in [0.25, 0.3) is 0 Å². The third-order valence-corrected chi connectivity index (χ3v) is 9.42. The van der Waals surface area contributed by atoms with E-state index in [2.05, 4.69) is 132 Å². The maximum atomic E-state index is 2.54. The van der Waals surface area contributed by atoms with Gasteiger partial charge in [-0.25, -0.2) is 0 Å². The fraction of sp³-hybridized carbons (Fsp3) is 0.189. The third kappa shape index (κ3) is 3.30. The van der Waals surface area contributed by atoms with Crippen molar-refractivity contribution in [1.82, 2.24) is 4.57 Å². The zero-order valence-corrected chi connectivity index (χ0v) is 23.4. The van der Waals surface area contributed by atoms with Crippen LogP contribution >= 0.6 is 0 Å². The van der Waals surface area contributed by atoms with Crippen molar-refractivity contribution in [1.29, 1.82) is 0 Å². The largest absolute Gasteiger partial charge is 0.350 e. The highest BCUT2D eigenvalue weighted by molar-refractivity contribution is 5.99. The number of benzene rings is 3. The van der Waals surface area contributed by atoms with Crippen LogP contribution in [0.5, 0.6) is 0 Å². The second kappa shape index (κ2) is 8.76. The van der Waals surface area contributed by atoms with E-state index in [1.165, 1.54) is 77.7 Å². The fourth-order valence-electron chi connectivity index (χ4n) is 7.33. The van der Waals surface area contributed by atoms with Gasteiger partial charge in [0.1, 0.15) is 0 Å². The number of fused-ring (bicyclic) bond motifs is 10. The summed E-state index contributed by atoms with van der Waals surface area (Å²) >= 11 is 0. The average molecular weight is 520 g/mol. The minimum atomic E-state index is 0.993. The molecule has 0 spiro atoms. The highest BCUT2D eigenvalue weighted by Crippen LogP contribution is 2.44. The number of hydrogen-bond acceptors (Lipinski definition) is 0.